The molecule has 0 bridgehead atoms. The molecule has 146 valence electrons. The summed E-state index contributed by atoms with van der Waals surface area (Å²) in [7, 11) is 0. The second-order valence-corrected chi connectivity index (χ2v) is 7.84. The molecule has 5 nitrogen and oxygen atoms in total. The highest BCUT2D eigenvalue weighted by Gasteiger charge is 2.16. The van der Waals surface area contributed by atoms with Crippen molar-refractivity contribution in [3.8, 4) is 11.3 Å². The summed E-state index contributed by atoms with van der Waals surface area (Å²) < 4.78 is 0. The van der Waals surface area contributed by atoms with E-state index in [-0.39, 0.29) is 0 Å². The second kappa shape index (κ2) is 6.95. The Hall–Kier alpha value is -3.73. The monoisotopic (exact) mass is 391 g/mol. The average molecular weight is 391 g/mol. The van der Waals surface area contributed by atoms with Crippen molar-refractivity contribution in [2.24, 2.45) is 0 Å². The van der Waals surface area contributed by atoms with Crippen molar-refractivity contribution in [1.82, 2.24) is 19.9 Å². The Morgan fingerprint density at radius 1 is 0.867 bits per heavy atom. The van der Waals surface area contributed by atoms with Gasteiger partial charge in [-0.25, -0.2) is 4.98 Å². The molecule has 0 aliphatic heterocycles. The third-order valence-electron chi connectivity index (χ3n) is 5.94. The highest BCUT2D eigenvalue weighted by Crippen LogP contribution is 2.33. The number of hydrogen-bond donors (Lipinski definition) is 2. The van der Waals surface area contributed by atoms with Crippen LogP contribution in [0.3, 0.4) is 0 Å². The van der Waals surface area contributed by atoms with Crippen LogP contribution >= 0.6 is 0 Å². The predicted octanol–water partition coefficient (Wildman–Crippen LogP) is 5.80. The van der Waals surface area contributed by atoms with E-state index in [1.54, 1.807) is 12.4 Å². The van der Waals surface area contributed by atoms with Crippen molar-refractivity contribution < 1.29 is 0 Å². The van der Waals surface area contributed by atoms with Gasteiger partial charge in [0.05, 0.1) is 11.2 Å². The molecule has 4 aromatic heterocycles. The van der Waals surface area contributed by atoms with E-state index in [9.17, 15) is 0 Å². The number of hydrogen-bond acceptors (Lipinski definition) is 4. The molecule has 4 heterocycles. The van der Waals surface area contributed by atoms with Gasteiger partial charge in [0, 0.05) is 51.8 Å². The van der Waals surface area contributed by atoms with E-state index < -0.39 is 0 Å². The minimum atomic E-state index is 0.816. The molecule has 2 N–H and O–H groups in total. The van der Waals surface area contributed by atoms with Gasteiger partial charge in [-0.15, -0.1) is 0 Å². The lowest BCUT2D eigenvalue weighted by Gasteiger charge is -2.12. The first-order chi connectivity index (χ1) is 14.8. The van der Waals surface area contributed by atoms with Gasteiger partial charge in [-0.05, 0) is 79.8 Å². The van der Waals surface area contributed by atoms with Crippen LogP contribution in [0.5, 0.6) is 0 Å². The minimum Gasteiger partial charge on any atom is -0.358 e. The standard InChI is InChI=1S/C25H21N5/c1-2-6-21-18(4-1)20-14-17(7-8-22(20)29-21)28-25-19-5-3-11-27-24(19)15-23(30-25)16-9-12-26-13-10-16/h3,5,7-15,29H,1-2,4,6H2,(H,28,30). The lowest BCUT2D eigenvalue weighted by Crippen LogP contribution is -2.00. The van der Waals surface area contributed by atoms with E-state index in [0.717, 1.165) is 46.5 Å². The van der Waals surface area contributed by atoms with Gasteiger partial charge in [-0.2, -0.15) is 0 Å². The van der Waals surface area contributed by atoms with Gasteiger partial charge >= 0.3 is 0 Å². The fraction of sp³-hybridized carbons (Fsp3) is 0.160. The first-order valence-electron chi connectivity index (χ1n) is 10.4. The Kier molecular flexibility index (Phi) is 3.98. The number of H-pyrrole nitrogens is 1. The lowest BCUT2D eigenvalue weighted by atomic mass is 9.95. The van der Waals surface area contributed by atoms with Crippen molar-refractivity contribution >= 4 is 33.3 Å². The number of benzene rings is 1. The zero-order valence-electron chi connectivity index (χ0n) is 16.5. The van der Waals surface area contributed by atoms with Gasteiger partial charge in [0.2, 0.25) is 0 Å². The average Bonchev–Trinajstić information content (AvgIpc) is 3.18. The Morgan fingerprint density at radius 3 is 2.70 bits per heavy atom. The number of anilines is 2. The van der Waals surface area contributed by atoms with Gasteiger partial charge in [-0.3, -0.25) is 9.97 Å². The zero-order chi connectivity index (χ0) is 19.9. The molecule has 5 aromatic rings. The van der Waals surface area contributed by atoms with E-state index in [4.69, 9.17) is 4.98 Å². The van der Waals surface area contributed by atoms with Crippen molar-refractivity contribution in [3.63, 3.8) is 0 Å². The third-order valence-corrected chi connectivity index (χ3v) is 5.94. The van der Waals surface area contributed by atoms with Crippen LogP contribution in [0.2, 0.25) is 0 Å². The number of nitrogens with one attached hydrogen (secondary N) is 2. The van der Waals surface area contributed by atoms with Gasteiger partial charge in [-0.1, -0.05) is 0 Å². The lowest BCUT2D eigenvalue weighted by molar-refractivity contribution is 0.680. The van der Waals surface area contributed by atoms with Crippen LogP contribution in [0, 0.1) is 0 Å². The maximum atomic E-state index is 4.93. The van der Waals surface area contributed by atoms with Gasteiger partial charge in [0.25, 0.3) is 0 Å². The summed E-state index contributed by atoms with van der Waals surface area (Å²) in [5, 5.41) is 5.89. The number of nitrogens with zero attached hydrogens (tertiary/aromatic N) is 3. The summed E-state index contributed by atoms with van der Waals surface area (Å²) in [4.78, 5) is 17.2. The van der Waals surface area contributed by atoms with Crippen LogP contribution in [0.1, 0.15) is 24.1 Å². The molecule has 0 radical (unpaired) electrons. The van der Waals surface area contributed by atoms with Crippen molar-refractivity contribution in [1.29, 1.82) is 0 Å². The maximum Gasteiger partial charge on any atom is 0.140 e. The highest BCUT2D eigenvalue weighted by molar-refractivity contribution is 5.95. The Bertz CT molecular complexity index is 1370. The van der Waals surface area contributed by atoms with Crippen LogP contribution in [0.4, 0.5) is 11.5 Å². The van der Waals surface area contributed by atoms with Gasteiger partial charge in [0.1, 0.15) is 5.82 Å². The van der Waals surface area contributed by atoms with E-state index in [1.807, 2.05) is 30.5 Å². The van der Waals surface area contributed by atoms with Crippen molar-refractivity contribution in [3.05, 3.63) is 78.4 Å². The number of aryl methyl sites for hydroxylation is 2. The molecular formula is C25H21N5. The molecule has 0 unspecified atom stereocenters. The summed E-state index contributed by atoms with van der Waals surface area (Å²) in [6.07, 6.45) is 10.2. The molecule has 5 heteroatoms. The molecule has 0 saturated heterocycles. The fourth-order valence-corrected chi connectivity index (χ4v) is 4.46. The molecular weight excluding hydrogens is 370 g/mol. The molecule has 0 fully saturated rings. The van der Waals surface area contributed by atoms with Crippen LogP contribution in [-0.4, -0.2) is 19.9 Å². The molecule has 0 amide bonds. The first kappa shape index (κ1) is 17.2. The Labute approximate surface area is 174 Å². The predicted molar refractivity (Wildman–Crippen MR) is 121 cm³/mol. The maximum absolute atomic E-state index is 4.93. The molecule has 1 aliphatic rings. The normalized spacial score (nSPS) is 13.5. The summed E-state index contributed by atoms with van der Waals surface area (Å²) in [5.41, 5.74) is 7.96. The minimum absolute atomic E-state index is 0.816. The fourth-order valence-electron chi connectivity index (χ4n) is 4.46. The third kappa shape index (κ3) is 2.90. The smallest absolute Gasteiger partial charge is 0.140 e. The molecule has 1 aromatic carbocycles. The number of rotatable bonds is 3. The van der Waals surface area contributed by atoms with Crippen LogP contribution in [0.15, 0.2) is 67.1 Å². The number of fused-ring (bicyclic) bond motifs is 4. The largest absolute Gasteiger partial charge is 0.358 e. The molecule has 6 rings (SSSR count). The first-order valence-corrected chi connectivity index (χ1v) is 10.4. The SMILES string of the molecule is c1cnc2cc(-c3ccncc3)nc(Nc3ccc4[nH]c5c(c4c3)CCCC5)c2c1. The molecule has 0 atom stereocenters. The highest BCUT2D eigenvalue weighted by atomic mass is 15.0. The van der Waals surface area contributed by atoms with E-state index in [1.165, 1.54) is 35.0 Å². The van der Waals surface area contributed by atoms with Crippen molar-refractivity contribution in [2.75, 3.05) is 5.32 Å². The molecule has 0 saturated carbocycles. The topological polar surface area (TPSA) is 66.5 Å². The van der Waals surface area contributed by atoms with E-state index in [0.29, 0.717) is 0 Å². The quantitative estimate of drug-likeness (QED) is 0.408. The van der Waals surface area contributed by atoms with E-state index in [2.05, 4.69) is 44.5 Å². The van der Waals surface area contributed by atoms with Gasteiger partial charge < -0.3 is 10.3 Å². The van der Waals surface area contributed by atoms with Crippen LogP contribution < -0.4 is 5.32 Å². The number of pyridine rings is 3. The van der Waals surface area contributed by atoms with E-state index >= 15 is 0 Å². The van der Waals surface area contributed by atoms with Crippen molar-refractivity contribution in [2.45, 2.75) is 25.7 Å². The molecule has 30 heavy (non-hydrogen) atoms. The Balaban J connectivity index is 1.46. The van der Waals surface area contributed by atoms with Crippen LogP contribution in [-0.2, 0) is 12.8 Å². The second-order valence-electron chi connectivity index (χ2n) is 7.84. The van der Waals surface area contributed by atoms with Crippen LogP contribution in [0.25, 0.3) is 33.1 Å². The summed E-state index contributed by atoms with van der Waals surface area (Å²) >= 11 is 0. The van der Waals surface area contributed by atoms with Gasteiger partial charge in [0.15, 0.2) is 0 Å². The zero-order valence-corrected chi connectivity index (χ0v) is 16.5. The molecule has 0 spiro atoms. The number of aromatic nitrogens is 4. The Morgan fingerprint density at radius 2 is 1.77 bits per heavy atom. The molecule has 1 aliphatic carbocycles. The number of aromatic amines is 1. The summed E-state index contributed by atoms with van der Waals surface area (Å²) in [6, 6.07) is 16.5. The summed E-state index contributed by atoms with van der Waals surface area (Å²) in [6.45, 7) is 0. The summed E-state index contributed by atoms with van der Waals surface area (Å²) in [5.74, 6) is 0.816.